The normalized spacial score (nSPS) is 22.0. The Balaban J connectivity index is 1.74. The quantitative estimate of drug-likeness (QED) is 0.450. The number of hydrogen-bond acceptors (Lipinski definition) is 4. The summed E-state index contributed by atoms with van der Waals surface area (Å²) in [5, 5.41) is 6.53. The van der Waals surface area contributed by atoms with E-state index in [0.717, 1.165) is 45.1 Å². The van der Waals surface area contributed by atoms with Gasteiger partial charge in [-0.25, -0.2) is 4.99 Å². The Morgan fingerprint density at radius 1 is 1.17 bits per heavy atom. The Hall–Kier alpha value is -1.55. The Bertz CT molecular complexity index is 543. The molecule has 0 aromatic carbocycles. The zero-order valence-corrected chi connectivity index (χ0v) is 18.1. The number of guanidine groups is 1. The van der Waals surface area contributed by atoms with Crippen LogP contribution in [0.4, 0.5) is 13.2 Å². The number of likely N-dealkylation sites (N-methyl/N-ethyl adjacent to an activating group) is 1. The molecule has 0 saturated carbocycles. The molecular weight excluding hydrogens is 399 g/mol. The van der Waals surface area contributed by atoms with Gasteiger partial charge in [0, 0.05) is 33.8 Å². The largest absolute Gasteiger partial charge is 0.401 e. The van der Waals surface area contributed by atoms with Gasteiger partial charge in [-0.3, -0.25) is 9.69 Å². The lowest BCUT2D eigenvalue weighted by Gasteiger charge is -2.32. The monoisotopic (exact) mass is 435 g/mol. The number of likely N-dealkylation sites (tertiary alicyclic amines) is 1. The van der Waals surface area contributed by atoms with Gasteiger partial charge in [-0.2, -0.15) is 13.2 Å². The minimum absolute atomic E-state index is 0.0592. The molecule has 2 fully saturated rings. The number of rotatable bonds is 8. The average Bonchev–Trinajstić information content (AvgIpc) is 2.70. The number of halogens is 3. The van der Waals surface area contributed by atoms with Gasteiger partial charge >= 0.3 is 6.18 Å². The van der Waals surface area contributed by atoms with Crippen LogP contribution in [0.1, 0.15) is 38.5 Å². The lowest BCUT2D eigenvalue weighted by molar-refractivity contribution is -0.148. The van der Waals surface area contributed by atoms with Crippen molar-refractivity contribution < 1.29 is 22.7 Å². The molecule has 0 aromatic rings. The number of alkyl halides is 3. The molecule has 0 spiro atoms. The maximum Gasteiger partial charge on any atom is 0.401 e. The standard InChI is InChI=1S/C20H36F3N5O2/c1-27(2)18(29)14-26-19(25-13-17-5-3-4-12-30-17)24-9-6-16-7-10-28(11-8-16)15-20(21,22)23/h16-17H,3-15H2,1-2H3,(H2,24,25,26). The fourth-order valence-electron chi connectivity index (χ4n) is 3.72. The smallest absolute Gasteiger partial charge is 0.376 e. The second kappa shape index (κ2) is 12.3. The lowest BCUT2D eigenvalue weighted by atomic mass is 9.93. The number of piperidine rings is 1. The van der Waals surface area contributed by atoms with Crippen molar-refractivity contribution in [2.45, 2.75) is 50.8 Å². The first-order valence-corrected chi connectivity index (χ1v) is 10.9. The SMILES string of the molecule is CN(C)C(=O)CN=C(NCCC1CCN(CC(F)(F)F)CC1)NCC1CCCCO1. The van der Waals surface area contributed by atoms with Crippen LogP contribution in [0.25, 0.3) is 0 Å². The summed E-state index contributed by atoms with van der Waals surface area (Å²) in [7, 11) is 3.39. The molecule has 7 nitrogen and oxygen atoms in total. The van der Waals surface area contributed by atoms with E-state index in [9.17, 15) is 18.0 Å². The topological polar surface area (TPSA) is 69.2 Å². The van der Waals surface area contributed by atoms with Crippen molar-refractivity contribution in [1.82, 2.24) is 20.4 Å². The number of nitrogens with one attached hydrogen (secondary N) is 2. The van der Waals surface area contributed by atoms with Crippen LogP contribution in [0.3, 0.4) is 0 Å². The Morgan fingerprint density at radius 2 is 1.90 bits per heavy atom. The molecule has 1 atom stereocenters. The fraction of sp³-hybridized carbons (Fsp3) is 0.900. The molecule has 1 amide bonds. The second-order valence-electron chi connectivity index (χ2n) is 8.37. The highest BCUT2D eigenvalue weighted by Gasteiger charge is 2.32. The van der Waals surface area contributed by atoms with Crippen LogP contribution in [0.5, 0.6) is 0 Å². The van der Waals surface area contributed by atoms with Crippen molar-refractivity contribution in [3.8, 4) is 0 Å². The molecule has 2 aliphatic rings. The van der Waals surface area contributed by atoms with Crippen LogP contribution in [0.2, 0.25) is 0 Å². The average molecular weight is 436 g/mol. The number of carbonyl (C=O) groups is 1. The van der Waals surface area contributed by atoms with Gasteiger partial charge in [0.1, 0.15) is 6.54 Å². The van der Waals surface area contributed by atoms with Crippen molar-refractivity contribution >= 4 is 11.9 Å². The fourth-order valence-corrected chi connectivity index (χ4v) is 3.72. The minimum atomic E-state index is -4.13. The van der Waals surface area contributed by atoms with Gasteiger partial charge in [-0.15, -0.1) is 0 Å². The van der Waals surface area contributed by atoms with Crippen molar-refractivity contribution in [2.75, 3.05) is 60.0 Å². The Kier molecular flexibility index (Phi) is 10.2. The van der Waals surface area contributed by atoms with Crippen LogP contribution in [-0.4, -0.2) is 93.9 Å². The molecule has 0 radical (unpaired) electrons. The first kappa shape index (κ1) is 24.7. The summed E-state index contributed by atoms with van der Waals surface area (Å²) in [6.45, 7) is 2.29. The van der Waals surface area contributed by atoms with Crippen LogP contribution in [-0.2, 0) is 9.53 Å². The second-order valence-corrected chi connectivity index (χ2v) is 8.37. The molecule has 2 saturated heterocycles. The van der Waals surface area contributed by atoms with Crippen LogP contribution in [0, 0.1) is 5.92 Å². The molecule has 10 heteroatoms. The van der Waals surface area contributed by atoms with E-state index in [4.69, 9.17) is 4.74 Å². The highest BCUT2D eigenvalue weighted by molar-refractivity contribution is 5.84. The molecular formula is C20H36F3N5O2. The predicted molar refractivity (Wildman–Crippen MR) is 110 cm³/mol. The summed E-state index contributed by atoms with van der Waals surface area (Å²) in [6, 6.07) is 0. The molecule has 30 heavy (non-hydrogen) atoms. The summed E-state index contributed by atoms with van der Waals surface area (Å²) in [4.78, 5) is 19.2. The maximum absolute atomic E-state index is 12.5. The van der Waals surface area contributed by atoms with Gasteiger partial charge in [-0.1, -0.05) is 0 Å². The molecule has 0 bridgehead atoms. The number of amides is 1. The van der Waals surface area contributed by atoms with E-state index in [1.54, 1.807) is 14.1 Å². The van der Waals surface area contributed by atoms with Gasteiger partial charge in [0.15, 0.2) is 5.96 Å². The molecule has 2 rings (SSSR count). The number of carbonyl (C=O) groups excluding carboxylic acids is 1. The third-order valence-corrected chi connectivity index (χ3v) is 5.60. The van der Waals surface area contributed by atoms with Crippen LogP contribution < -0.4 is 10.6 Å². The van der Waals surface area contributed by atoms with Crippen molar-refractivity contribution in [1.29, 1.82) is 0 Å². The van der Waals surface area contributed by atoms with E-state index in [0.29, 0.717) is 38.1 Å². The van der Waals surface area contributed by atoms with E-state index in [1.165, 1.54) is 9.80 Å². The predicted octanol–water partition coefficient (Wildman–Crippen LogP) is 1.84. The third-order valence-electron chi connectivity index (χ3n) is 5.60. The lowest BCUT2D eigenvalue weighted by Crippen LogP contribution is -2.44. The van der Waals surface area contributed by atoms with Gasteiger partial charge < -0.3 is 20.3 Å². The zero-order valence-electron chi connectivity index (χ0n) is 18.1. The summed E-state index contributed by atoms with van der Waals surface area (Å²) >= 11 is 0. The van der Waals surface area contributed by atoms with Gasteiger partial charge in [0.05, 0.1) is 12.6 Å². The van der Waals surface area contributed by atoms with Gasteiger partial charge in [0.2, 0.25) is 5.91 Å². The Morgan fingerprint density at radius 3 is 2.50 bits per heavy atom. The van der Waals surface area contributed by atoms with Crippen LogP contribution in [0.15, 0.2) is 4.99 Å². The van der Waals surface area contributed by atoms with Crippen molar-refractivity contribution in [3.63, 3.8) is 0 Å². The van der Waals surface area contributed by atoms with Gasteiger partial charge in [-0.05, 0) is 57.5 Å². The van der Waals surface area contributed by atoms with Crippen molar-refractivity contribution in [2.24, 2.45) is 10.9 Å². The highest BCUT2D eigenvalue weighted by atomic mass is 19.4. The number of nitrogens with zero attached hydrogens (tertiary/aromatic N) is 3. The highest BCUT2D eigenvalue weighted by Crippen LogP contribution is 2.24. The molecule has 0 aliphatic carbocycles. The molecule has 1 unspecified atom stereocenters. The first-order chi connectivity index (χ1) is 14.2. The van der Waals surface area contributed by atoms with Crippen LogP contribution >= 0.6 is 0 Å². The molecule has 2 N–H and O–H groups in total. The van der Waals surface area contributed by atoms with E-state index in [1.807, 2.05) is 0 Å². The number of hydrogen-bond donors (Lipinski definition) is 2. The van der Waals surface area contributed by atoms with Gasteiger partial charge in [0.25, 0.3) is 0 Å². The van der Waals surface area contributed by atoms with E-state index in [-0.39, 0.29) is 18.6 Å². The van der Waals surface area contributed by atoms with E-state index in [2.05, 4.69) is 15.6 Å². The van der Waals surface area contributed by atoms with E-state index < -0.39 is 12.7 Å². The summed E-state index contributed by atoms with van der Waals surface area (Å²) < 4.78 is 43.3. The first-order valence-electron chi connectivity index (χ1n) is 10.9. The summed E-state index contributed by atoms with van der Waals surface area (Å²) in [5.41, 5.74) is 0. The summed E-state index contributed by atoms with van der Waals surface area (Å²) in [5.74, 6) is 0.893. The van der Waals surface area contributed by atoms with E-state index >= 15 is 0 Å². The number of ether oxygens (including phenoxy) is 1. The Labute approximate surface area is 177 Å². The molecule has 2 aliphatic heterocycles. The number of aliphatic imine (C=N–C) groups is 1. The molecule has 2 heterocycles. The maximum atomic E-state index is 12.5. The summed E-state index contributed by atoms with van der Waals surface area (Å²) in [6.07, 6.45) is 1.67. The van der Waals surface area contributed by atoms with Crippen molar-refractivity contribution in [3.05, 3.63) is 0 Å². The molecule has 0 aromatic heterocycles. The third kappa shape index (κ3) is 9.97. The minimum Gasteiger partial charge on any atom is -0.376 e. The zero-order chi connectivity index (χ0) is 22.0. The molecule has 174 valence electrons.